The average molecular weight is 282 g/mol. The Morgan fingerprint density at radius 1 is 1.19 bits per heavy atom. The van der Waals surface area contributed by atoms with E-state index < -0.39 is 0 Å². The lowest BCUT2D eigenvalue weighted by atomic mass is 10.1. The van der Waals surface area contributed by atoms with Crippen LogP contribution in [-0.2, 0) is 0 Å². The number of rotatable bonds is 4. The van der Waals surface area contributed by atoms with E-state index in [0.717, 1.165) is 11.1 Å². The molecular weight excluding hydrogens is 268 g/mol. The number of anilines is 1. The van der Waals surface area contributed by atoms with Crippen molar-refractivity contribution >= 4 is 5.95 Å². The highest BCUT2D eigenvalue weighted by atomic mass is 16.5. The Hall–Kier alpha value is -2.96. The van der Waals surface area contributed by atoms with Gasteiger partial charge in [-0.3, -0.25) is 15.1 Å². The van der Waals surface area contributed by atoms with Gasteiger partial charge in [0.15, 0.2) is 5.82 Å². The van der Waals surface area contributed by atoms with Gasteiger partial charge in [-0.2, -0.15) is 4.98 Å². The van der Waals surface area contributed by atoms with E-state index in [1.165, 1.54) is 0 Å². The minimum Gasteiger partial charge on any atom is -0.495 e. The van der Waals surface area contributed by atoms with Gasteiger partial charge < -0.3 is 10.1 Å². The molecule has 0 aliphatic carbocycles. The minimum atomic E-state index is 0.528. The molecule has 0 aliphatic heterocycles. The Morgan fingerprint density at radius 2 is 2.10 bits per heavy atom. The number of hydrogen-bond donors (Lipinski definition) is 2. The first-order chi connectivity index (χ1) is 10.3. The molecule has 3 rings (SSSR count). The topological polar surface area (TPSA) is 88.6 Å². The van der Waals surface area contributed by atoms with Crippen molar-refractivity contribution < 1.29 is 4.74 Å². The van der Waals surface area contributed by atoms with Gasteiger partial charge in [0.2, 0.25) is 5.95 Å². The molecule has 106 valence electrons. The smallest absolute Gasteiger partial charge is 0.242 e. The maximum Gasteiger partial charge on any atom is 0.242 e. The maximum absolute atomic E-state index is 5.19. The highest BCUT2D eigenvalue weighted by Crippen LogP contribution is 2.25. The number of methoxy groups -OCH3 is 1. The average Bonchev–Trinajstić information content (AvgIpc) is 3.04. The van der Waals surface area contributed by atoms with E-state index in [1.54, 1.807) is 32.7 Å². The minimum absolute atomic E-state index is 0.528. The molecule has 21 heavy (non-hydrogen) atoms. The molecule has 0 saturated carbocycles. The molecule has 0 radical (unpaired) electrons. The van der Waals surface area contributed by atoms with Crippen molar-refractivity contribution in [2.45, 2.75) is 0 Å². The summed E-state index contributed by atoms with van der Waals surface area (Å²) in [4.78, 5) is 12.8. The molecular formula is C14H14N6O. The van der Waals surface area contributed by atoms with Crippen LogP contribution in [0.2, 0.25) is 0 Å². The molecule has 0 bridgehead atoms. The Bertz CT molecular complexity index is 754. The maximum atomic E-state index is 5.19. The van der Waals surface area contributed by atoms with Gasteiger partial charge >= 0.3 is 0 Å². The number of nitrogens with one attached hydrogen (secondary N) is 2. The highest BCUT2D eigenvalue weighted by Gasteiger charge is 2.08. The van der Waals surface area contributed by atoms with Crippen molar-refractivity contribution in [2.24, 2.45) is 0 Å². The molecule has 0 fully saturated rings. The van der Waals surface area contributed by atoms with E-state index >= 15 is 0 Å². The zero-order chi connectivity index (χ0) is 14.7. The Labute approximate surface area is 121 Å². The summed E-state index contributed by atoms with van der Waals surface area (Å²) in [7, 11) is 3.38. The fraction of sp³-hybridized carbons (Fsp3) is 0.143. The molecule has 2 N–H and O–H groups in total. The predicted molar refractivity (Wildman–Crippen MR) is 78.9 cm³/mol. The van der Waals surface area contributed by atoms with Crippen molar-refractivity contribution in [3.05, 3.63) is 36.8 Å². The molecule has 0 saturated heterocycles. The summed E-state index contributed by atoms with van der Waals surface area (Å²) in [5.41, 5.74) is 2.64. The number of aromatic nitrogens is 5. The van der Waals surface area contributed by atoms with Crippen molar-refractivity contribution in [3.8, 4) is 28.4 Å². The van der Waals surface area contributed by atoms with Crippen LogP contribution in [0.15, 0.2) is 36.8 Å². The molecule has 0 aliphatic rings. The van der Waals surface area contributed by atoms with Crippen LogP contribution in [0.5, 0.6) is 5.75 Å². The third-order valence-electron chi connectivity index (χ3n) is 2.99. The second kappa shape index (κ2) is 5.58. The second-order valence-corrected chi connectivity index (χ2v) is 4.30. The second-order valence-electron chi connectivity index (χ2n) is 4.30. The molecule has 0 aromatic carbocycles. The van der Waals surface area contributed by atoms with E-state index in [2.05, 4.69) is 30.5 Å². The highest BCUT2D eigenvalue weighted by molar-refractivity contribution is 5.68. The van der Waals surface area contributed by atoms with Crippen LogP contribution in [0.25, 0.3) is 22.6 Å². The van der Waals surface area contributed by atoms with Gasteiger partial charge in [0.1, 0.15) is 11.4 Å². The van der Waals surface area contributed by atoms with Gasteiger partial charge in [-0.1, -0.05) is 0 Å². The van der Waals surface area contributed by atoms with Crippen LogP contribution in [0.4, 0.5) is 5.95 Å². The van der Waals surface area contributed by atoms with Gasteiger partial charge in [0.05, 0.1) is 13.3 Å². The van der Waals surface area contributed by atoms with Crippen molar-refractivity contribution in [1.29, 1.82) is 0 Å². The summed E-state index contributed by atoms with van der Waals surface area (Å²) in [5, 5.41) is 9.74. The third kappa shape index (κ3) is 2.66. The summed E-state index contributed by atoms with van der Waals surface area (Å²) in [6.45, 7) is 0. The van der Waals surface area contributed by atoms with Crippen LogP contribution in [0.3, 0.4) is 0 Å². The van der Waals surface area contributed by atoms with E-state index in [1.807, 2.05) is 18.2 Å². The first-order valence-corrected chi connectivity index (χ1v) is 6.36. The fourth-order valence-corrected chi connectivity index (χ4v) is 1.92. The van der Waals surface area contributed by atoms with Crippen LogP contribution in [0, 0.1) is 0 Å². The summed E-state index contributed by atoms with van der Waals surface area (Å²) < 4.78 is 5.19. The number of H-pyrrole nitrogens is 1. The number of hydrogen-bond acceptors (Lipinski definition) is 6. The van der Waals surface area contributed by atoms with Gasteiger partial charge in [-0.05, 0) is 23.8 Å². The van der Waals surface area contributed by atoms with E-state index in [9.17, 15) is 0 Å². The van der Waals surface area contributed by atoms with E-state index in [-0.39, 0.29) is 0 Å². The molecule has 3 heterocycles. The van der Waals surface area contributed by atoms with Crippen LogP contribution in [0.1, 0.15) is 0 Å². The van der Waals surface area contributed by atoms with Crippen LogP contribution >= 0.6 is 0 Å². The first-order valence-electron chi connectivity index (χ1n) is 6.36. The lowest BCUT2D eigenvalue weighted by Gasteiger charge is -2.05. The summed E-state index contributed by atoms with van der Waals surface area (Å²) >= 11 is 0. The SMILES string of the molecule is CNc1n[nH]c(-c2cc(-c3cncc(OC)c3)ccn2)n1. The zero-order valence-corrected chi connectivity index (χ0v) is 11.7. The van der Waals surface area contributed by atoms with E-state index in [0.29, 0.717) is 23.2 Å². The van der Waals surface area contributed by atoms with Gasteiger partial charge in [0.25, 0.3) is 0 Å². The summed E-state index contributed by atoms with van der Waals surface area (Å²) in [5.74, 6) is 1.85. The zero-order valence-electron chi connectivity index (χ0n) is 11.7. The number of nitrogens with zero attached hydrogens (tertiary/aromatic N) is 4. The standard InChI is InChI=1S/C14H14N6O/c1-15-14-18-13(19-20-14)12-6-9(3-4-17-12)10-5-11(21-2)8-16-7-10/h3-8H,1-2H3,(H2,15,18,19,20). The number of aromatic amines is 1. The molecule has 0 spiro atoms. The normalized spacial score (nSPS) is 10.4. The molecule has 3 aromatic heterocycles. The molecule has 7 nitrogen and oxygen atoms in total. The van der Waals surface area contributed by atoms with Crippen LogP contribution in [-0.4, -0.2) is 39.3 Å². The lowest BCUT2D eigenvalue weighted by Crippen LogP contribution is -1.90. The quantitative estimate of drug-likeness (QED) is 0.760. The molecule has 3 aromatic rings. The monoisotopic (exact) mass is 282 g/mol. The molecule has 0 atom stereocenters. The van der Waals surface area contributed by atoms with Crippen molar-refractivity contribution in [3.63, 3.8) is 0 Å². The van der Waals surface area contributed by atoms with Crippen molar-refractivity contribution in [1.82, 2.24) is 25.1 Å². The predicted octanol–water partition coefficient (Wildman–Crippen LogP) is 1.98. The van der Waals surface area contributed by atoms with Crippen LogP contribution < -0.4 is 10.1 Å². The molecule has 0 amide bonds. The lowest BCUT2D eigenvalue weighted by molar-refractivity contribution is 0.413. The van der Waals surface area contributed by atoms with Crippen molar-refractivity contribution in [2.75, 3.05) is 19.5 Å². The largest absolute Gasteiger partial charge is 0.495 e. The molecule has 0 unspecified atom stereocenters. The Morgan fingerprint density at radius 3 is 2.86 bits per heavy atom. The van der Waals surface area contributed by atoms with Gasteiger partial charge in [-0.15, -0.1) is 5.10 Å². The Balaban J connectivity index is 1.99. The third-order valence-corrected chi connectivity index (χ3v) is 2.99. The first kappa shape index (κ1) is 13.0. The van der Waals surface area contributed by atoms with E-state index in [4.69, 9.17) is 4.74 Å². The summed E-state index contributed by atoms with van der Waals surface area (Å²) in [6.07, 6.45) is 5.17. The molecule has 7 heteroatoms. The van der Waals surface area contributed by atoms with Gasteiger partial charge in [-0.25, -0.2) is 0 Å². The Kier molecular flexibility index (Phi) is 3.46. The number of ether oxygens (including phenoxy) is 1. The van der Waals surface area contributed by atoms with Gasteiger partial charge in [0, 0.05) is 25.0 Å². The number of pyridine rings is 2. The fourth-order valence-electron chi connectivity index (χ4n) is 1.92. The summed E-state index contributed by atoms with van der Waals surface area (Å²) in [6, 6.07) is 5.76.